The fourth-order valence-electron chi connectivity index (χ4n) is 3.09. The van der Waals surface area contributed by atoms with Crippen LogP contribution in [0.4, 0.5) is 22.0 Å². The number of para-hydroxylation sites is 1. The van der Waals surface area contributed by atoms with Gasteiger partial charge in [0.25, 0.3) is 9.84 Å². The van der Waals surface area contributed by atoms with Crippen molar-refractivity contribution < 1.29 is 44.6 Å². The van der Waals surface area contributed by atoms with Gasteiger partial charge >= 0.3 is 11.4 Å². The Morgan fingerprint density at radius 3 is 1.30 bits per heavy atom. The third-order valence-electron chi connectivity index (χ3n) is 4.86. The van der Waals surface area contributed by atoms with E-state index in [1.807, 2.05) is 18.2 Å². The SMILES string of the molecule is O=S(=O)(c1ccc(Oc2cccc(Oc3cccc(Oc4ccccc4)c3)c2)cc1)C(F)(F)C(F)(F)F. The van der Waals surface area contributed by atoms with Crippen LogP contribution in [0.3, 0.4) is 0 Å². The average Bonchev–Trinajstić information content (AvgIpc) is 2.85. The summed E-state index contributed by atoms with van der Waals surface area (Å²) in [5, 5.41) is -5.93. The summed E-state index contributed by atoms with van der Waals surface area (Å²) in [6, 6.07) is 25.5. The van der Waals surface area contributed by atoms with Crippen LogP contribution in [0.15, 0.2) is 108 Å². The number of rotatable bonds is 8. The van der Waals surface area contributed by atoms with Gasteiger partial charge in [0.1, 0.15) is 34.5 Å². The molecule has 192 valence electrons. The molecule has 0 fully saturated rings. The average molecular weight is 536 g/mol. The summed E-state index contributed by atoms with van der Waals surface area (Å²) in [6.07, 6.45) is -6.26. The summed E-state index contributed by atoms with van der Waals surface area (Å²) >= 11 is 0. The van der Waals surface area contributed by atoms with Crippen molar-refractivity contribution in [2.75, 3.05) is 0 Å². The molecule has 0 atom stereocenters. The molecule has 11 heteroatoms. The molecular weight excluding hydrogens is 519 g/mol. The molecule has 0 amide bonds. The maximum atomic E-state index is 13.4. The lowest BCUT2D eigenvalue weighted by Gasteiger charge is -2.19. The van der Waals surface area contributed by atoms with Crippen LogP contribution in [-0.4, -0.2) is 19.8 Å². The monoisotopic (exact) mass is 536 g/mol. The van der Waals surface area contributed by atoms with Gasteiger partial charge in [-0.15, -0.1) is 0 Å². The van der Waals surface area contributed by atoms with Gasteiger partial charge in [0.05, 0.1) is 4.90 Å². The van der Waals surface area contributed by atoms with Crippen LogP contribution in [0, 0.1) is 0 Å². The Bertz CT molecular complexity index is 1470. The lowest BCUT2D eigenvalue weighted by Crippen LogP contribution is -2.43. The summed E-state index contributed by atoms with van der Waals surface area (Å²) in [5.74, 6) is 2.28. The molecule has 0 bridgehead atoms. The molecular formula is C26H17F5O5S. The number of sulfone groups is 1. The smallest absolute Gasteiger partial charge is 0.457 e. The molecule has 0 radical (unpaired) electrons. The Hall–Kier alpha value is -4.12. The highest BCUT2D eigenvalue weighted by Crippen LogP contribution is 2.43. The van der Waals surface area contributed by atoms with Crippen molar-refractivity contribution in [1.82, 2.24) is 0 Å². The summed E-state index contributed by atoms with van der Waals surface area (Å²) in [5.41, 5.74) is 0. The van der Waals surface area contributed by atoms with E-state index in [0.29, 0.717) is 35.1 Å². The lowest BCUT2D eigenvalue weighted by atomic mass is 10.3. The lowest BCUT2D eigenvalue weighted by molar-refractivity contribution is -0.241. The molecule has 4 rings (SSSR count). The largest absolute Gasteiger partial charge is 0.469 e. The highest BCUT2D eigenvalue weighted by Gasteiger charge is 2.67. The third kappa shape index (κ3) is 5.83. The van der Waals surface area contributed by atoms with Crippen LogP contribution >= 0.6 is 0 Å². The van der Waals surface area contributed by atoms with E-state index in [-0.39, 0.29) is 11.5 Å². The summed E-state index contributed by atoms with van der Waals surface area (Å²) < 4.78 is 105. The van der Waals surface area contributed by atoms with Crippen molar-refractivity contribution in [3.8, 4) is 34.5 Å². The first-order valence-electron chi connectivity index (χ1n) is 10.5. The van der Waals surface area contributed by atoms with Crippen molar-refractivity contribution in [3.63, 3.8) is 0 Å². The number of benzene rings is 4. The predicted molar refractivity (Wildman–Crippen MR) is 124 cm³/mol. The van der Waals surface area contributed by atoms with Gasteiger partial charge in [-0.3, -0.25) is 0 Å². The Morgan fingerprint density at radius 1 is 0.486 bits per heavy atom. The second kappa shape index (κ2) is 10.1. The first kappa shape index (κ1) is 26.0. The zero-order chi connectivity index (χ0) is 26.7. The van der Waals surface area contributed by atoms with Gasteiger partial charge in [-0.25, -0.2) is 8.42 Å². The molecule has 0 heterocycles. The first-order chi connectivity index (χ1) is 17.5. The maximum Gasteiger partial charge on any atom is 0.469 e. The number of ether oxygens (including phenoxy) is 3. The van der Waals surface area contributed by atoms with Crippen molar-refractivity contribution in [2.24, 2.45) is 0 Å². The van der Waals surface area contributed by atoms with Crippen LogP contribution < -0.4 is 14.2 Å². The number of hydrogen-bond donors (Lipinski definition) is 0. The number of hydrogen-bond acceptors (Lipinski definition) is 5. The molecule has 37 heavy (non-hydrogen) atoms. The maximum absolute atomic E-state index is 13.4. The van der Waals surface area contributed by atoms with Gasteiger partial charge < -0.3 is 14.2 Å². The molecule has 0 saturated heterocycles. The molecule has 0 unspecified atom stereocenters. The minimum Gasteiger partial charge on any atom is -0.457 e. The molecule has 0 aromatic heterocycles. The van der Waals surface area contributed by atoms with Crippen LogP contribution in [0.1, 0.15) is 0 Å². The zero-order valence-electron chi connectivity index (χ0n) is 18.7. The van der Waals surface area contributed by atoms with Gasteiger partial charge in [-0.2, -0.15) is 22.0 Å². The van der Waals surface area contributed by atoms with Gasteiger partial charge in [0, 0.05) is 12.1 Å². The third-order valence-corrected chi connectivity index (χ3v) is 6.66. The van der Waals surface area contributed by atoms with Crippen molar-refractivity contribution in [1.29, 1.82) is 0 Å². The molecule has 0 spiro atoms. The minimum atomic E-state index is -6.26. The second-order valence-electron chi connectivity index (χ2n) is 7.56. The van der Waals surface area contributed by atoms with Gasteiger partial charge in [0.2, 0.25) is 0 Å². The Labute approximate surface area is 208 Å². The molecule has 0 N–H and O–H groups in total. The topological polar surface area (TPSA) is 61.8 Å². The molecule has 4 aromatic rings. The van der Waals surface area contributed by atoms with Crippen LogP contribution in [0.25, 0.3) is 0 Å². The van der Waals surface area contributed by atoms with E-state index in [9.17, 15) is 30.4 Å². The molecule has 0 aliphatic heterocycles. The van der Waals surface area contributed by atoms with E-state index >= 15 is 0 Å². The van der Waals surface area contributed by atoms with Crippen molar-refractivity contribution in [3.05, 3.63) is 103 Å². The van der Waals surface area contributed by atoms with Gasteiger partial charge in [-0.1, -0.05) is 30.3 Å². The molecule has 5 nitrogen and oxygen atoms in total. The Morgan fingerprint density at radius 2 is 0.865 bits per heavy atom. The van der Waals surface area contributed by atoms with Gasteiger partial charge in [-0.05, 0) is 60.7 Å². The predicted octanol–water partition coefficient (Wildman–Crippen LogP) is 7.99. The van der Waals surface area contributed by atoms with E-state index in [4.69, 9.17) is 14.2 Å². The van der Waals surface area contributed by atoms with Crippen LogP contribution in [0.2, 0.25) is 0 Å². The summed E-state index contributed by atoms with van der Waals surface area (Å²) in [6.45, 7) is 0. The fourth-order valence-corrected chi connectivity index (χ4v) is 4.18. The van der Waals surface area contributed by atoms with Crippen LogP contribution in [-0.2, 0) is 9.84 Å². The fraction of sp³-hybridized carbons (Fsp3) is 0.0769. The zero-order valence-corrected chi connectivity index (χ0v) is 19.5. The van der Waals surface area contributed by atoms with E-state index < -0.39 is 26.2 Å². The molecule has 4 aromatic carbocycles. The minimum absolute atomic E-state index is 0.00434. The molecule has 0 aliphatic rings. The standard InChI is InChI=1S/C26H17F5O5S/c27-25(28,29)26(30,31)37(32,33)24-14-12-19(13-15-24)35-21-9-5-11-23(17-21)36-22-10-4-8-20(16-22)34-18-6-2-1-3-7-18/h1-17H. The highest BCUT2D eigenvalue weighted by atomic mass is 32.2. The first-order valence-corrected chi connectivity index (χ1v) is 12.0. The quantitative estimate of drug-likeness (QED) is 0.214. The van der Waals surface area contributed by atoms with Crippen LogP contribution in [0.5, 0.6) is 34.5 Å². The normalized spacial score (nSPS) is 12.1. The van der Waals surface area contributed by atoms with Gasteiger partial charge in [0.15, 0.2) is 0 Å². The summed E-state index contributed by atoms with van der Waals surface area (Å²) in [4.78, 5) is -1.20. The highest BCUT2D eigenvalue weighted by molar-refractivity contribution is 7.92. The van der Waals surface area contributed by atoms with E-state index in [0.717, 1.165) is 12.1 Å². The number of halogens is 5. The molecule has 0 aliphatic carbocycles. The Balaban J connectivity index is 1.46. The van der Waals surface area contributed by atoms with E-state index in [2.05, 4.69) is 0 Å². The Kier molecular flexibility index (Phi) is 7.08. The van der Waals surface area contributed by atoms with Crippen molar-refractivity contribution in [2.45, 2.75) is 16.3 Å². The van der Waals surface area contributed by atoms with Crippen molar-refractivity contribution >= 4 is 9.84 Å². The molecule has 0 saturated carbocycles. The van der Waals surface area contributed by atoms with E-state index in [1.54, 1.807) is 54.6 Å². The summed E-state index contributed by atoms with van der Waals surface area (Å²) in [7, 11) is -5.99. The number of alkyl halides is 5. The van der Waals surface area contributed by atoms with E-state index in [1.165, 1.54) is 6.07 Å². The second-order valence-corrected chi connectivity index (χ2v) is 9.55.